The minimum atomic E-state index is -1.71. The molecule has 0 rings (SSSR count). The topological polar surface area (TPSA) is 9.23 Å². The van der Waals surface area contributed by atoms with E-state index in [9.17, 15) is 0 Å². The van der Waals surface area contributed by atoms with Crippen LogP contribution in [0.3, 0.4) is 0 Å². The summed E-state index contributed by atoms with van der Waals surface area (Å²) in [6.45, 7) is 8.37. The van der Waals surface area contributed by atoms with Crippen LogP contribution >= 0.6 is 22.2 Å². The molecule has 0 aliphatic carbocycles. The van der Waals surface area contributed by atoms with Gasteiger partial charge < -0.3 is 4.74 Å². The fraction of sp³-hybridized carbons (Fsp3) is 1.00. The van der Waals surface area contributed by atoms with Crippen molar-refractivity contribution in [2.45, 2.75) is 71.1 Å². The van der Waals surface area contributed by atoms with E-state index in [4.69, 9.17) is 26.9 Å². The maximum absolute atomic E-state index is 6.04. The summed E-state index contributed by atoms with van der Waals surface area (Å²) >= 11 is 12.1. The van der Waals surface area contributed by atoms with Crippen LogP contribution in [0, 0.1) is 0 Å². The molecule has 1 atom stereocenters. The predicted molar refractivity (Wildman–Crippen MR) is 72.2 cm³/mol. The van der Waals surface area contributed by atoms with Gasteiger partial charge in [0.25, 0.3) is 7.42 Å². The average molecular weight is 271 g/mol. The maximum Gasteiger partial charge on any atom is 0.264 e. The molecule has 92 valence electrons. The molecular formula is C11H24Cl2OSi. The first kappa shape index (κ1) is 15.8. The van der Waals surface area contributed by atoms with Gasteiger partial charge in [0.05, 0.1) is 11.3 Å². The highest BCUT2D eigenvalue weighted by Gasteiger charge is 2.25. The molecule has 0 amide bonds. The number of rotatable bonds is 7. The van der Waals surface area contributed by atoms with Crippen molar-refractivity contribution in [3.05, 3.63) is 0 Å². The van der Waals surface area contributed by atoms with Gasteiger partial charge in [0.1, 0.15) is 0 Å². The third-order valence-corrected chi connectivity index (χ3v) is 4.85. The van der Waals surface area contributed by atoms with E-state index in [0.29, 0.717) is 0 Å². The van der Waals surface area contributed by atoms with E-state index in [1.807, 2.05) is 0 Å². The summed E-state index contributed by atoms with van der Waals surface area (Å²) in [6, 6.07) is 0. The normalized spacial score (nSPS) is 14.6. The summed E-state index contributed by atoms with van der Waals surface area (Å²) in [5.41, 5.74) is -0.0324. The minimum absolute atomic E-state index is 0.102. The Labute approximate surface area is 105 Å². The van der Waals surface area contributed by atoms with E-state index in [2.05, 4.69) is 27.7 Å². The molecule has 0 aromatic carbocycles. The molecule has 0 bridgehead atoms. The third-order valence-electron chi connectivity index (χ3n) is 2.13. The maximum atomic E-state index is 6.04. The lowest BCUT2D eigenvalue weighted by atomic mass is 10.1. The third kappa shape index (κ3) is 9.67. The van der Waals surface area contributed by atoms with Gasteiger partial charge in [-0.05, 0) is 27.2 Å². The SMILES string of the molecule is CCCCCCC(OC(C)(C)C)[SiH](Cl)Cl. The second-order valence-electron chi connectivity index (χ2n) is 4.95. The second kappa shape index (κ2) is 7.94. The number of ether oxygens (including phenoxy) is 1. The van der Waals surface area contributed by atoms with Crippen LogP contribution in [-0.2, 0) is 4.74 Å². The summed E-state index contributed by atoms with van der Waals surface area (Å²) in [4.78, 5) is 0. The van der Waals surface area contributed by atoms with Crippen LogP contribution < -0.4 is 0 Å². The Hall–Kier alpha value is 0.757. The Kier molecular flexibility index (Phi) is 8.34. The number of unbranched alkanes of at least 4 members (excludes halogenated alkanes) is 3. The molecule has 0 spiro atoms. The molecule has 0 fully saturated rings. The summed E-state index contributed by atoms with van der Waals surface area (Å²) in [5.74, 6) is 0. The molecule has 1 nitrogen and oxygen atoms in total. The van der Waals surface area contributed by atoms with Crippen molar-refractivity contribution < 1.29 is 4.74 Å². The molecule has 4 heteroatoms. The van der Waals surface area contributed by atoms with Gasteiger partial charge >= 0.3 is 0 Å². The van der Waals surface area contributed by atoms with E-state index in [0.717, 1.165) is 6.42 Å². The fourth-order valence-corrected chi connectivity index (χ4v) is 3.53. The van der Waals surface area contributed by atoms with Gasteiger partial charge in [0.15, 0.2) is 0 Å². The van der Waals surface area contributed by atoms with Crippen LogP contribution in [0.4, 0.5) is 0 Å². The molecule has 0 aliphatic rings. The average Bonchev–Trinajstić information content (AvgIpc) is 2.08. The lowest BCUT2D eigenvalue weighted by molar-refractivity contribution is -0.0278. The molecule has 15 heavy (non-hydrogen) atoms. The lowest BCUT2D eigenvalue weighted by Crippen LogP contribution is -2.33. The quantitative estimate of drug-likeness (QED) is 0.379. The summed E-state index contributed by atoms with van der Waals surface area (Å²) in [7, 11) is -1.71. The van der Waals surface area contributed by atoms with Gasteiger partial charge in [-0.25, -0.2) is 0 Å². The van der Waals surface area contributed by atoms with E-state index in [-0.39, 0.29) is 11.3 Å². The molecular weight excluding hydrogens is 247 g/mol. The Morgan fingerprint density at radius 2 is 1.73 bits per heavy atom. The number of hydrogen-bond acceptors (Lipinski definition) is 1. The van der Waals surface area contributed by atoms with Crippen molar-refractivity contribution >= 4 is 29.6 Å². The summed E-state index contributed by atoms with van der Waals surface area (Å²) < 4.78 is 5.88. The summed E-state index contributed by atoms with van der Waals surface area (Å²) in [6.07, 6.45) is 6.00. The van der Waals surface area contributed by atoms with Crippen molar-refractivity contribution in [2.24, 2.45) is 0 Å². The minimum Gasteiger partial charge on any atom is -0.373 e. The largest absolute Gasteiger partial charge is 0.373 e. The summed E-state index contributed by atoms with van der Waals surface area (Å²) in [5, 5.41) is 0. The first-order valence-electron chi connectivity index (χ1n) is 5.82. The zero-order chi connectivity index (χ0) is 11.9. The highest BCUT2D eigenvalue weighted by Crippen LogP contribution is 2.21. The molecule has 0 radical (unpaired) electrons. The van der Waals surface area contributed by atoms with Crippen LogP contribution in [0.2, 0.25) is 0 Å². The molecule has 0 heterocycles. The number of hydrogen-bond donors (Lipinski definition) is 0. The fourth-order valence-electron chi connectivity index (χ4n) is 1.46. The Morgan fingerprint density at radius 3 is 2.13 bits per heavy atom. The van der Waals surface area contributed by atoms with Crippen LogP contribution in [-0.4, -0.2) is 18.7 Å². The Bertz CT molecular complexity index is 157. The van der Waals surface area contributed by atoms with Crippen molar-refractivity contribution in [2.75, 3.05) is 0 Å². The van der Waals surface area contributed by atoms with Gasteiger partial charge in [-0.3, -0.25) is 0 Å². The van der Waals surface area contributed by atoms with E-state index in [1.54, 1.807) is 0 Å². The van der Waals surface area contributed by atoms with Crippen LogP contribution in [0.15, 0.2) is 0 Å². The van der Waals surface area contributed by atoms with Crippen molar-refractivity contribution in [1.82, 2.24) is 0 Å². The monoisotopic (exact) mass is 270 g/mol. The van der Waals surface area contributed by atoms with E-state index in [1.165, 1.54) is 25.7 Å². The highest BCUT2D eigenvalue weighted by atomic mass is 35.7. The molecule has 0 N–H and O–H groups in total. The van der Waals surface area contributed by atoms with Crippen molar-refractivity contribution in [3.8, 4) is 0 Å². The van der Waals surface area contributed by atoms with Crippen LogP contribution in [0.5, 0.6) is 0 Å². The zero-order valence-corrected chi connectivity index (χ0v) is 13.0. The molecule has 0 saturated heterocycles. The molecule has 0 aliphatic heterocycles. The van der Waals surface area contributed by atoms with Crippen LogP contribution in [0.1, 0.15) is 59.8 Å². The smallest absolute Gasteiger partial charge is 0.264 e. The molecule has 0 aromatic heterocycles. The molecule has 0 aromatic rings. The Morgan fingerprint density at radius 1 is 1.13 bits per heavy atom. The van der Waals surface area contributed by atoms with Gasteiger partial charge in [-0.1, -0.05) is 32.6 Å². The highest BCUT2D eigenvalue weighted by molar-refractivity contribution is 7.34. The van der Waals surface area contributed by atoms with Gasteiger partial charge in [-0.2, -0.15) is 0 Å². The van der Waals surface area contributed by atoms with Gasteiger partial charge in [-0.15, -0.1) is 22.2 Å². The standard InChI is InChI=1S/C11H24Cl2OSi/c1-5-6-7-8-9-10(15(12)13)14-11(2,3)4/h10,15H,5-9H2,1-4H3. The van der Waals surface area contributed by atoms with Gasteiger partial charge in [0, 0.05) is 0 Å². The predicted octanol–water partition coefficient (Wildman–Crippen LogP) is 4.38. The van der Waals surface area contributed by atoms with Gasteiger partial charge in [0.2, 0.25) is 0 Å². The van der Waals surface area contributed by atoms with Crippen LogP contribution in [0.25, 0.3) is 0 Å². The van der Waals surface area contributed by atoms with Crippen molar-refractivity contribution in [3.63, 3.8) is 0 Å². The van der Waals surface area contributed by atoms with Crippen molar-refractivity contribution in [1.29, 1.82) is 0 Å². The Balaban J connectivity index is 3.84. The number of halogens is 2. The second-order valence-corrected chi connectivity index (χ2v) is 9.86. The first-order chi connectivity index (χ1) is 6.87. The molecule has 0 saturated carbocycles. The zero-order valence-electron chi connectivity index (χ0n) is 10.4. The lowest BCUT2D eigenvalue weighted by Gasteiger charge is -2.27. The molecule has 1 unspecified atom stereocenters. The first-order valence-corrected chi connectivity index (χ1v) is 9.98. The van der Waals surface area contributed by atoms with E-state index < -0.39 is 7.42 Å². The van der Waals surface area contributed by atoms with E-state index >= 15 is 0 Å².